The third kappa shape index (κ3) is 5.02. The van der Waals surface area contributed by atoms with E-state index in [4.69, 9.17) is 14.5 Å². The Kier molecular flexibility index (Phi) is 6.70. The molecule has 0 radical (unpaired) electrons. The van der Waals surface area contributed by atoms with E-state index in [0.717, 1.165) is 52.4 Å². The van der Waals surface area contributed by atoms with E-state index in [1.807, 2.05) is 65.6 Å². The van der Waals surface area contributed by atoms with E-state index in [1.54, 1.807) is 7.11 Å². The summed E-state index contributed by atoms with van der Waals surface area (Å²) in [5.74, 6) is 2.99. The summed E-state index contributed by atoms with van der Waals surface area (Å²) in [6.45, 7) is 4.76. The predicted molar refractivity (Wildman–Crippen MR) is 137 cm³/mol. The van der Waals surface area contributed by atoms with E-state index in [-0.39, 0.29) is 11.8 Å². The second kappa shape index (κ2) is 10.2. The molecule has 1 amide bonds. The fourth-order valence-corrected chi connectivity index (χ4v) is 4.81. The molecule has 2 heterocycles. The van der Waals surface area contributed by atoms with Crippen LogP contribution < -0.4 is 9.47 Å². The zero-order chi connectivity index (χ0) is 24.2. The Labute approximate surface area is 206 Å². The Hall–Kier alpha value is -3.80. The van der Waals surface area contributed by atoms with E-state index < -0.39 is 0 Å². The molecule has 6 nitrogen and oxygen atoms in total. The average Bonchev–Trinajstić information content (AvgIpc) is 3.43. The molecule has 0 aliphatic carbocycles. The first kappa shape index (κ1) is 23.0. The number of amides is 1. The van der Waals surface area contributed by atoms with Gasteiger partial charge in [0, 0.05) is 32.0 Å². The van der Waals surface area contributed by atoms with Gasteiger partial charge in [-0.1, -0.05) is 42.5 Å². The fraction of sp³-hybridized carbons (Fsp3) is 0.310. The van der Waals surface area contributed by atoms with Gasteiger partial charge in [-0.25, -0.2) is 4.98 Å². The highest BCUT2D eigenvalue weighted by atomic mass is 16.5. The second-order valence-corrected chi connectivity index (χ2v) is 9.10. The molecule has 1 aliphatic rings. The number of ether oxygens (including phenoxy) is 2. The van der Waals surface area contributed by atoms with Gasteiger partial charge in [-0.2, -0.15) is 0 Å². The lowest BCUT2D eigenvalue weighted by Crippen LogP contribution is -2.24. The number of methoxy groups -OCH3 is 1. The molecule has 4 aromatic rings. The van der Waals surface area contributed by atoms with Crippen molar-refractivity contribution in [3.8, 4) is 11.5 Å². The van der Waals surface area contributed by atoms with E-state index in [1.165, 1.54) is 0 Å². The van der Waals surface area contributed by atoms with Crippen LogP contribution in [0, 0.1) is 6.92 Å². The molecule has 1 saturated heterocycles. The van der Waals surface area contributed by atoms with Crippen molar-refractivity contribution in [3.05, 3.63) is 89.7 Å². The molecule has 1 unspecified atom stereocenters. The molecule has 1 aliphatic heterocycles. The van der Waals surface area contributed by atoms with Gasteiger partial charge in [0.05, 0.1) is 24.8 Å². The minimum absolute atomic E-state index is 0.0745. The summed E-state index contributed by atoms with van der Waals surface area (Å²) in [5.41, 5.74) is 4.33. The quantitative estimate of drug-likeness (QED) is 0.311. The number of carbonyl (C=O) groups is 1. The van der Waals surface area contributed by atoms with Crippen molar-refractivity contribution in [1.82, 2.24) is 14.5 Å². The second-order valence-electron chi connectivity index (χ2n) is 9.10. The van der Waals surface area contributed by atoms with Crippen LogP contribution in [0.4, 0.5) is 0 Å². The van der Waals surface area contributed by atoms with Crippen LogP contribution in [0.15, 0.2) is 72.8 Å². The Morgan fingerprint density at radius 3 is 2.57 bits per heavy atom. The standard InChI is InChI=1S/C29H31N3O3/c1-21-8-3-6-11-27(21)35-17-7-16-32-26-10-5-4-9-25(26)30-29(32)23-18-28(33)31(20-23)19-22-12-14-24(34-2)15-13-22/h3-6,8-15,23H,7,16-20H2,1-2H3. The van der Waals surface area contributed by atoms with Crippen molar-refractivity contribution in [3.63, 3.8) is 0 Å². The monoisotopic (exact) mass is 469 g/mol. The van der Waals surface area contributed by atoms with Crippen molar-refractivity contribution in [2.75, 3.05) is 20.3 Å². The first-order valence-corrected chi connectivity index (χ1v) is 12.2. The molecule has 1 fully saturated rings. The van der Waals surface area contributed by atoms with E-state index in [0.29, 0.717) is 26.1 Å². The van der Waals surface area contributed by atoms with Crippen LogP contribution in [-0.4, -0.2) is 40.6 Å². The third-order valence-electron chi connectivity index (χ3n) is 6.67. The van der Waals surface area contributed by atoms with Gasteiger partial charge in [-0.15, -0.1) is 0 Å². The molecule has 180 valence electrons. The number of nitrogens with zero attached hydrogens (tertiary/aromatic N) is 3. The van der Waals surface area contributed by atoms with Crippen molar-refractivity contribution in [1.29, 1.82) is 0 Å². The highest BCUT2D eigenvalue weighted by molar-refractivity contribution is 5.81. The fourth-order valence-electron chi connectivity index (χ4n) is 4.81. The van der Waals surface area contributed by atoms with Gasteiger partial charge in [0.1, 0.15) is 17.3 Å². The predicted octanol–water partition coefficient (Wildman–Crippen LogP) is 5.34. The summed E-state index contributed by atoms with van der Waals surface area (Å²) in [6, 6.07) is 24.2. The van der Waals surface area contributed by atoms with E-state index >= 15 is 0 Å². The summed E-state index contributed by atoms with van der Waals surface area (Å²) in [7, 11) is 1.66. The number of hydrogen-bond acceptors (Lipinski definition) is 4. The maximum atomic E-state index is 12.9. The van der Waals surface area contributed by atoms with Crippen LogP contribution in [0.2, 0.25) is 0 Å². The zero-order valence-corrected chi connectivity index (χ0v) is 20.3. The molecule has 5 rings (SSSR count). The van der Waals surface area contributed by atoms with Crippen molar-refractivity contribution in [2.45, 2.75) is 38.8 Å². The number of imidazole rings is 1. The number of para-hydroxylation sites is 3. The largest absolute Gasteiger partial charge is 0.497 e. The Morgan fingerprint density at radius 2 is 1.77 bits per heavy atom. The Balaban J connectivity index is 1.30. The Morgan fingerprint density at radius 1 is 1.00 bits per heavy atom. The zero-order valence-electron chi connectivity index (χ0n) is 20.3. The van der Waals surface area contributed by atoms with Crippen LogP contribution in [0.1, 0.15) is 35.7 Å². The Bertz CT molecular complexity index is 1310. The lowest BCUT2D eigenvalue weighted by molar-refractivity contribution is -0.128. The van der Waals surface area contributed by atoms with Gasteiger partial charge in [-0.05, 0) is 54.8 Å². The molecule has 35 heavy (non-hydrogen) atoms. The van der Waals surface area contributed by atoms with Crippen LogP contribution >= 0.6 is 0 Å². The third-order valence-corrected chi connectivity index (χ3v) is 6.67. The maximum absolute atomic E-state index is 12.9. The molecule has 0 spiro atoms. The number of benzene rings is 3. The number of likely N-dealkylation sites (tertiary alicyclic amines) is 1. The number of rotatable bonds is 9. The SMILES string of the molecule is COc1ccc(CN2CC(c3nc4ccccc4n3CCCOc3ccccc3C)CC2=O)cc1. The summed E-state index contributed by atoms with van der Waals surface area (Å²) in [6.07, 6.45) is 1.34. The smallest absolute Gasteiger partial charge is 0.223 e. The number of aryl methyl sites for hydroxylation is 2. The normalized spacial score (nSPS) is 15.7. The van der Waals surface area contributed by atoms with Crippen LogP contribution in [-0.2, 0) is 17.9 Å². The lowest BCUT2D eigenvalue weighted by Gasteiger charge is -2.18. The molecule has 3 aromatic carbocycles. The topological polar surface area (TPSA) is 56.6 Å². The van der Waals surface area contributed by atoms with Crippen molar-refractivity contribution in [2.24, 2.45) is 0 Å². The molecular weight excluding hydrogens is 438 g/mol. The van der Waals surface area contributed by atoms with Gasteiger partial charge < -0.3 is 18.9 Å². The summed E-state index contributed by atoms with van der Waals surface area (Å²) in [5, 5.41) is 0. The number of fused-ring (bicyclic) bond motifs is 1. The maximum Gasteiger partial charge on any atom is 0.223 e. The molecule has 0 saturated carbocycles. The summed E-state index contributed by atoms with van der Waals surface area (Å²) >= 11 is 0. The highest BCUT2D eigenvalue weighted by Gasteiger charge is 2.34. The summed E-state index contributed by atoms with van der Waals surface area (Å²) < 4.78 is 13.6. The molecule has 0 N–H and O–H groups in total. The first-order valence-electron chi connectivity index (χ1n) is 12.2. The number of hydrogen-bond donors (Lipinski definition) is 0. The molecule has 6 heteroatoms. The van der Waals surface area contributed by atoms with Gasteiger partial charge >= 0.3 is 0 Å². The number of carbonyl (C=O) groups excluding carboxylic acids is 1. The van der Waals surface area contributed by atoms with Crippen molar-refractivity contribution >= 4 is 16.9 Å². The molecular formula is C29H31N3O3. The molecule has 1 atom stereocenters. The van der Waals surface area contributed by atoms with Gasteiger partial charge in [-0.3, -0.25) is 4.79 Å². The van der Waals surface area contributed by atoms with Gasteiger partial charge in [0.2, 0.25) is 5.91 Å². The molecule has 0 bridgehead atoms. The summed E-state index contributed by atoms with van der Waals surface area (Å²) in [4.78, 5) is 19.8. The van der Waals surface area contributed by atoms with Gasteiger partial charge in [0.15, 0.2) is 0 Å². The lowest BCUT2D eigenvalue weighted by atomic mass is 10.1. The minimum atomic E-state index is 0.0745. The minimum Gasteiger partial charge on any atom is -0.497 e. The van der Waals surface area contributed by atoms with Crippen LogP contribution in [0.5, 0.6) is 11.5 Å². The van der Waals surface area contributed by atoms with E-state index in [2.05, 4.69) is 23.6 Å². The van der Waals surface area contributed by atoms with Crippen molar-refractivity contribution < 1.29 is 14.3 Å². The van der Waals surface area contributed by atoms with E-state index in [9.17, 15) is 4.79 Å². The first-order chi connectivity index (χ1) is 17.1. The number of aromatic nitrogens is 2. The average molecular weight is 470 g/mol. The van der Waals surface area contributed by atoms with Gasteiger partial charge in [0.25, 0.3) is 0 Å². The van der Waals surface area contributed by atoms with Crippen LogP contribution in [0.3, 0.4) is 0 Å². The molecule has 1 aromatic heterocycles. The highest BCUT2D eigenvalue weighted by Crippen LogP contribution is 2.31. The van der Waals surface area contributed by atoms with Crippen LogP contribution in [0.25, 0.3) is 11.0 Å².